The van der Waals surface area contributed by atoms with E-state index in [1.807, 2.05) is 36.6 Å². The van der Waals surface area contributed by atoms with Gasteiger partial charge in [-0.05, 0) is 52.9 Å². The summed E-state index contributed by atoms with van der Waals surface area (Å²) >= 11 is 9.58. The highest BCUT2D eigenvalue weighted by Crippen LogP contribution is 2.22. The number of fused-ring (bicyclic) bond motifs is 1. The van der Waals surface area contributed by atoms with E-state index in [1.54, 1.807) is 7.05 Å². The van der Waals surface area contributed by atoms with Gasteiger partial charge in [-0.1, -0.05) is 37.9 Å². The van der Waals surface area contributed by atoms with Crippen molar-refractivity contribution >= 4 is 44.4 Å². The van der Waals surface area contributed by atoms with Crippen LogP contribution < -0.4 is 16.6 Å². The Labute approximate surface area is 188 Å². The smallest absolute Gasteiger partial charge is 0.332 e. The Hall–Kier alpha value is -2.06. The molecule has 0 radical (unpaired) electrons. The molecule has 1 N–H and O–H groups in total. The molecule has 0 unspecified atom stereocenters. The number of hydrogen-bond acceptors (Lipinski definition) is 4. The Kier molecular flexibility index (Phi) is 7.08. The van der Waals surface area contributed by atoms with Gasteiger partial charge in [0.1, 0.15) is 0 Å². The molecule has 0 aliphatic carbocycles. The van der Waals surface area contributed by atoms with Crippen molar-refractivity contribution in [3.63, 3.8) is 0 Å². The average molecular weight is 497 g/mol. The van der Waals surface area contributed by atoms with Gasteiger partial charge in [0.15, 0.2) is 15.9 Å². The molecule has 0 bridgehead atoms. The quantitative estimate of drug-likeness (QED) is 0.475. The van der Waals surface area contributed by atoms with Crippen LogP contribution in [0.2, 0.25) is 5.02 Å². The van der Waals surface area contributed by atoms with Crippen molar-refractivity contribution in [2.45, 2.75) is 46.7 Å². The van der Waals surface area contributed by atoms with E-state index in [4.69, 9.17) is 11.6 Å². The van der Waals surface area contributed by atoms with E-state index in [0.29, 0.717) is 40.6 Å². The molecule has 0 fully saturated rings. The number of benzene rings is 1. The van der Waals surface area contributed by atoms with Gasteiger partial charge in [0.05, 0.1) is 0 Å². The highest BCUT2D eigenvalue weighted by Gasteiger charge is 2.20. The van der Waals surface area contributed by atoms with Gasteiger partial charge in [0.2, 0.25) is 0 Å². The lowest BCUT2D eigenvalue weighted by molar-refractivity contribution is 0.502. The fourth-order valence-electron chi connectivity index (χ4n) is 3.47. The maximum Gasteiger partial charge on any atom is 0.332 e. The summed E-state index contributed by atoms with van der Waals surface area (Å²) in [5, 5.41) is 4.12. The lowest BCUT2D eigenvalue weighted by Crippen LogP contribution is -2.39. The second-order valence-electron chi connectivity index (χ2n) is 7.76. The largest absolute Gasteiger partial charge is 0.384 e. The van der Waals surface area contributed by atoms with Crippen molar-refractivity contribution in [1.29, 1.82) is 0 Å². The second kappa shape index (κ2) is 9.39. The van der Waals surface area contributed by atoms with E-state index >= 15 is 0 Å². The van der Waals surface area contributed by atoms with Gasteiger partial charge in [-0.2, -0.15) is 0 Å². The van der Waals surface area contributed by atoms with Crippen molar-refractivity contribution in [2.24, 2.45) is 13.0 Å². The molecule has 1 aromatic carbocycles. The number of imidazole rings is 1. The molecule has 0 amide bonds. The molecule has 3 aromatic rings. The summed E-state index contributed by atoms with van der Waals surface area (Å²) in [4.78, 5) is 30.2. The van der Waals surface area contributed by atoms with E-state index in [9.17, 15) is 9.59 Å². The Morgan fingerprint density at radius 3 is 2.70 bits per heavy atom. The summed E-state index contributed by atoms with van der Waals surface area (Å²) in [6, 6.07) is 5.76. The number of nitrogens with zero attached hydrogens (tertiary/aromatic N) is 4. The minimum atomic E-state index is -0.329. The van der Waals surface area contributed by atoms with Gasteiger partial charge in [0.25, 0.3) is 5.56 Å². The molecule has 0 saturated heterocycles. The van der Waals surface area contributed by atoms with Crippen molar-refractivity contribution in [1.82, 2.24) is 18.7 Å². The summed E-state index contributed by atoms with van der Waals surface area (Å²) in [7, 11) is 1.66. The van der Waals surface area contributed by atoms with Gasteiger partial charge in [-0.25, -0.2) is 9.78 Å². The lowest BCUT2D eigenvalue weighted by Gasteiger charge is -2.17. The zero-order chi connectivity index (χ0) is 22.0. The number of unbranched alkanes of at least 4 members (excludes halogenated alkanes) is 1. The Bertz CT molecular complexity index is 1180. The van der Waals surface area contributed by atoms with Gasteiger partial charge in [-0.3, -0.25) is 13.9 Å². The molecule has 9 heteroatoms. The normalized spacial score (nSPS) is 12.5. The highest BCUT2D eigenvalue weighted by atomic mass is 79.9. The topological polar surface area (TPSA) is 73.8 Å². The predicted octanol–water partition coefficient (Wildman–Crippen LogP) is 4.17. The molecule has 7 nitrogen and oxygen atoms in total. The standard InChI is InChI=1S/C21H27BrClN5O2/c1-5-6-9-27-19(29)17-18(26(4)21(27)30)25-20(22)28(17)12-13(2)11-24-16-10-15(23)8-7-14(16)3/h7-8,10,13,24H,5-6,9,11-12H2,1-4H3/t13-/m0/s1. The lowest BCUT2D eigenvalue weighted by atomic mass is 10.1. The number of nitrogens with one attached hydrogen (secondary N) is 1. The first kappa shape index (κ1) is 22.6. The minimum absolute atomic E-state index is 0.192. The van der Waals surface area contributed by atoms with Gasteiger partial charge < -0.3 is 9.88 Å². The molecule has 0 aliphatic heterocycles. The van der Waals surface area contributed by atoms with E-state index in [0.717, 1.165) is 24.1 Å². The third-order valence-electron chi connectivity index (χ3n) is 5.26. The molecule has 162 valence electrons. The minimum Gasteiger partial charge on any atom is -0.384 e. The molecular formula is C21H27BrClN5O2. The van der Waals surface area contributed by atoms with Crippen LogP contribution in [0.15, 0.2) is 32.5 Å². The summed E-state index contributed by atoms with van der Waals surface area (Å²) in [5.74, 6) is 0.192. The Morgan fingerprint density at radius 1 is 1.27 bits per heavy atom. The van der Waals surface area contributed by atoms with E-state index < -0.39 is 0 Å². The average Bonchev–Trinajstić information content (AvgIpc) is 3.03. The fraction of sp³-hybridized carbons (Fsp3) is 0.476. The van der Waals surface area contributed by atoms with Crippen LogP contribution >= 0.6 is 27.5 Å². The number of aromatic nitrogens is 4. The summed E-state index contributed by atoms with van der Waals surface area (Å²) in [6.45, 7) is 7.84. The summed E-state index contributed by atoms with van der Waals surface area (Å²) in [6.07, 6.45) is 1.68. The maximum absolute atomic E-state index is 13.1. The molecule has 3 rings (SSSR count). The second-order valence-corrected chi connectivity index (χ2v) is 8.91. The van der Waals surface area contributed by atoms with Crippen LogP contribution in [-0.4, -0.2) is 25.2 Å². The maximum atomic E-state index is 13.1. The Morgan fingerprint density at radius 2 is 2.00 bits per heavy atom. The van der Waals surface area contributed by atoms with Crippen LogP contribution in [0.5, 0.6) is 0 Å². The third kappa shape index (κ3) is 4.49. The predicted molar refractivity (Wildman–Crippen MR) is 126 cm³/mol. The highest BCUT2D eigenvalue weighted by molar-refractivity contribution is 9.10. The molecule has 0 saturated carbocycles. The van der Waals surface area contributed by atoms with Gasteiger partial charge in [0, 0.05) is 37.4 Å². The summed E-state index contributed by atoms with van der Waals surface area (Å²) < 4.78 is 5.17. The zero-order valence-corrected chi connectivity index (χ0v) is 20.0. The van der Waals surface area contributed by atoms with E-state index in [-0.39, 0.29) is 17.2 Å². The van der Waals surface area contributed by atoms with Crippen LogP contribution in [0, 0.1) is 12.8 Å². The van der Waals surface area contributed by atoms with Gasteiger partial charge >= 0.3 is 5.69 Å². The zero-order valence-electron chi connectivity index (χ0n) is 17.7. The van der Waals surface area contributed by atoms with Crippen LogP contribution in [0.1, 0.15) is 32.3 Å². The third-order valence-corrected chi connectivity index (χ3v) is 6.10. The van der Waals surface area contributed by atoms with Crippen LogP contribution in [-0.2, 0) is 20.1 Å². The van der Waals surface area contributed by atoms with Crippen molar-refractivity contribution in [2.75, 3.05) is 11.9 Å². The number of aryl methyl sites for hydroxylation is 2. The Balaban J connectivity index is 1.91. The van der Waals surface area contributed by atoms with E-state index in [2.05, 4.69) is 33.2 Å². The van der Waals surface area contributed by atoms with Crippen LogP contribution in [0.4, 0.5) is 5.69 Å². The number of hydrogen-bond donors (Lipinski definition) is 1. The molecule has 2 aromatic heterocycles. The SMILES string of the molecule is CCCCn1c(=O)c2c(nc(Br)n2C[C@@H](C)CNc2cc(Cl)ccc2C)n(C)c1=O. The molecule has 0 aliphatic rings. The monoisotopic (exact) mass is 495 g/mol. The number of rotatable bonds is 8. The molecule has 2 heterocycles. The molecule has 0 spiro atoms. The molecule has 1 atom stereocenters. The van der Waals surface area contributed by atoms with Crippen LogP contribution in [0.25, 0.3) is 11.2 Å². The first-order chi connectivity index (χ1) is 14.2. The number of halogens is 2. The van der Waals surface area contributed by atoms with Crippen molar-refractivity contribution in [3.05, 3.63) is 54.4 Å². The van der Waals surface area contributed by atoms with Crippen molar-refractivity contribution in [3.8, 4) is 0 Å². The number of anilines is 1. The van der Waals surface area contributed by atoms with E-state index in [1.165, 1.54) is 9.13 Å². The molecular weight excluding hydrogens is 470 g/mol. The van der Waals surface area contributed by atoms with Crippen molar-refractivity contribution < 1.29 is 0 Å². The van der Waals surface area contributed by atoms with Gasteiger partial charge in [-0.15, -0.1) is 0 Å². The molecule has 30 heavy (non-hydrogen) atoms. The summed E-state index contributed by atoms with van der Waals surface area (Å²) in [5.41, 5.74) is 2.35. The first-order valence-corrected chi connectivity index (χ1v) is 11.3. The van der Waals surface area contributed by atoms with Crippen LogP contribution in [0.3, 0.4) is 0 Å². The fourth-order valence-corrected chi connectivity index (χ4v) is 4.13. The first-order valence-electron chi connectivity index (χ1n) is 10.1.